The zero-order valence-corrected chi connectivity index (χ0v) is 13.8. The van der Waals surface area contributed by atoms with E-state index in [1.54, 1.807) is 39.2 Å². The number of carbonyl (C=O) groups excluding carboxylic acids is 1. The van der Waals surface area contributed by atoms with Crippen LogP contribution in [0.5, 0.6) is 5.75 Å². The second-order valence-electron chi connectivity index (χ2n) is 4.54. The number of rotatable bonds is 6. The number of carboxylic acid groups (broad SMARTS) is 1. The van der Waals surface area contributed by atoms with E-state index in [1.165, 1.54) is 4.90 Å². The maximum atomic E-state index is 12.2. The van der Waals surface area contributed by atoms with E-state index in [4.69, 9.17) is 9.84 Å². The van der Waals surface area contributed by atoms with Crippen LogP contribution in [0.25, 0.3) is 0 Å². The lowest BCUT2D eigenvalue weighted by molar-refractivity contribution is -0.137. The molecule has 1 unspecified atom stereocenters. The third-order valence-corrected chi connectivity index (χ3v) is 3.42. The number of hydrogen-bond acceptors (Lipinski definition) is 3. The number of ether oxygens (including phenoxy) is 1. The van der Waals surface area contributed by atoms with Crippen LogP contribution in [0.3, 0.4) is 0 Å². The molecule has 116 valence electrons. The molecular weight excluding hydrogens is 340 g/mol. The monoisotopic (exact) mass is 358 g/mol. The van der Waals surface area contributed by atoms with Gasteiger partial charge in [-0.2, -0.15) is 0 Å². The van der Waals surface area contributed by atoms with E-state index in [1.807, 2.05) is 0 Å². The molecule has 0 spiro atoms. The molecule has 6 nitrogen and oxygen atoms in total. The molecule has 0 aliphatic rings. The minimum Gasteiger partial charge on any atom is -0.497 e. The Morgan fingerprint density at radius 2 is 2.10 bits per heavy atom. The third kappa shape index (κ3) is 5.26. The van der Waals surface area contributed by atoms with Gasteiger partial charge in [-0.3, -0.25) is 4.79 Å². The van der Waals surface area contributed by atoms with Crippen LogP contribution >= 0.6 is 15.9 Å². The summed E-state index contributed by atoms with van der Waals surface area (Å²) in [5.41, 5.74) is 0.576. The Hall–Kier alpha value is -1.76. The van der Waals surface area contributed by atoms with Crippen LogP contribution in [0.4, 0.5) is 10.5 Å². The molecule has 1 aromatic carbocycles. The van der Waals surface area contributed by atoms with Crippen LogP contribution in [-0.4, -0.2) is 41.7 Å². The lowest BCUT2D eigenvalue weighted by Crippen LogP contribution is -2.42. The highest BCUT2D eigenvalue weighted by Crippen LogP contribution is 2.24. The highest BCUT2D eigenvalue weighted by molar-refractivity contribution is 9.10. The maximum Gasteiger partial charge on any atom is 0.322 e. The van der Waals surface area contributed by atoms with Crippen LogP contribution in [0.1, 0.15) is 20.3 Å². The van der Waals surface area contributed by atoms with Crippen LogP contribution in [0, 0.1) is 0 Å². The minimum atomic E-state index is -0.933. The van der Waals surface area contributed by atoms with Crippen molar-refractivity contribution in [3.05, 3.63) is 22.7 Å². The number of anilines is 1. The number of carbonyl (C=O) groups is 2. The normalized spacial score (nSPS) is 11.6. The Morgan fingerprint density at radius 1 is 1.43 bits per heavy atom. The number of aliphatic carboxylic acids is 1. The van der Waals surface area contributed by atoms with E-state index < -0.39 is 5.97 Å². The number of hydrogen-bond donors (Lipinski definition) is 2. The van der Waals surface area contributed by atoms with Crippen molar-refractivity contribution in [1.29, 1.82) is 0 Å². The summed E-state index contributed by atoms with van der Waals surface area (Å²) in [6.07, 6.45) is -0.0942. The van der Waals surface area contributed by atoms with Gasteiger partial charge in [0.2, 0.25) is 0 Å². The Kier molecular flexibility index (Phi) is 6.48. The Bertz CT molecular complexity index is 522. The molecule has 7 heteroatoms. The first-order valence-electron chi connectivity index (χ1n) is 6.51. The van der Waals surface area contributed by atoms with Gasteiger partial charge in [0.15, 0.2) is 0 Å². The number of nitrogens with one attached hydrogen (secondary N) is 1. The molecule has 0 aliphatic heterocycles. The van der Waals surface area contributed by atoms with Gasteiger partial charge in [-0.25, -0.2) is 4.79 Å². The largest absolute Gasteiger partial charge is 0.497 e. The summed E-state index contributed by atoms with van der Waals surface area (Å²) in [7, 11) is 1.54. The first kappa shape index (κ1) is 17.3. The standard InChI is InChI=1S/C14H19BrN2O4/c1-4-17(9(2)5-13(18)19)14(20)16-11-6-10(15)7-12(8-11)21-3/h6-9H,4-5H2,1-3H3,(H,16,20)(H,18,19). The van der Waals surface area contributed by atoms with Crippen LogP contribution in [0.15, 0.2) is 22.7 Å². The van der Waals surface area contributed by atoms with E-state index in [2.05, 4.69) is 21.2 Å². The molecule has 2 N–H and O–H groups in total. The molecule has 0 bridgehead atoms. The van der Waals surface area contributed by atoms with Gasteiger partial charge in [-0.15, -0.1) is 0 Å². The lowest BCUT2D eigenvalue weighted by atomic mass is 10.2. The van der Waals surface area contributed by atoms with Crippen molar-refractivity contribution in [3.63, 3.8) is 0 Å². The Morgan fingerprint density at radius 3 is 2.62 bits per heavy atom. The number of urea groups is 1. The lowest BCUT2D eigenvalue weighted by Gasteiger charge is -2.27. The zero-order chi connectivity index (χ0) is 16.0. The maximum absolute atomic E-state index is 12.2. The van der Waals surface area contributed by atoms with Gasteiger partial charge < -0.3 is 20.1 Å². The molecule has 0 saturated heterocycles. The molecule has 21 heavy (non-hydrogen) atoms. The van der Waals surface area contributed by atoms with Crippen molar-refractivity contribution in [2.45, 2.75) is 26.3 Å². The van der Waals surface area contributed by atoms with E-state index in [9.17, 15) is 9.59 Å². The molecule has 0 radical (unpaired) electrons. The highest BCUT2D eigenvalue weighted by atomic mass is 79.9. The van der Waals surface area contributed by atoms with Gasteiger partial charge in [0.25, 0.3) is 0 Å². The van der Waals surface area contributed by atoms with Crippen molar-refractivity contribution in [2.75, 3.05) is 19.0 Å². The number of carboxylic acids is 1. The smallest absolute Gasteiger partial charge is 0.322 e. The van der Waals surface area contributed by atoms with Gasteiger partial charge in [0, 0.05) is 28.8 Å². The summed E-state index contributed by atoms with van der Waals surface area (Å²) < 4.78 is 5.91. The van der Waals surface area contributed by atoms with Gasteiger partial charge >= 0.3 is 12.0 Å². The summed E-state index contributed by atoms with van der Waals surface area (Å²) in [5.74, 6) is -0.320. The fourth-order valence-electron chi connectivity index (χ4n) is 1.97. The molecule has 0 saturated carbocycles. The van der Waals surface area contributed by atoms with E-state index in [0.717, 1.165) is 4.47 Å². The van der Waals surface area contributed by atoms with Crippen molar-refractivity contribution in [1.82, 2.24) is 4.90 Å². The fraction of sp³-hybridized carbons (Fsp3) is 0.429. The fourth-order valence-corrected chi connectivity index (χ4v) is 2.44. The van der Waals surface area contributed by atoms with Crippen molar-refractivity contribution in [2.24, 2.45) is 0 Å². The molecule has 0 aliphatic carbocycles. The number of nitrogens with zero attached hydrogens (tertiary/aromatic N) is 1. The predicted molar refractivity (Wildman–Crippen MR) is 83.8 cm³/mol. The molecule has 0 fully saturated rings. The number of methoxy groups -OCH3 is 1. The van der Waals surface area contributed by atoms with Gasteiger partial charge in [0.05, 0.1) is 13.5 Å². The second-order valence-corrected chi connectivity index (χ2v) is 5.46. The van der Waals surface area contributed by atoms with Crippen LogP contribution in [-0.2, 0) is 4.79 Å². The topological polar surface area (TPSA) is 78.9 Å². The van der Waals surface area contributed by atoms with Crippen LogP contribution in [0.2, 0.25) is 0 Å². The van der Waals surface area contributed by atoms with E-state index in [0.29, 0.717) is 18.0 Å². The zero-order valence-electron chi connectivity index (χ0n) is 12.2. The molecule has 1 rings (SSSR count). The SMILES string of the molecule is CCN(C(=O)Nc1cc(Br)cc(OC)c1)C(C)CC(=O)O. The van der Waals surface area contributed by atoms with E-state index >= 15 is 0 Å². The molecule has 0 aromatic heterocycles. The summed E-state index contributed by atoms with van der Waals surface area (Å²) in [4.78, 5) is 24.5. The highest BCUT2D eigenvalue weighted by Gasteiger charge is 2.21. The molecular formula is C14H19BrN2O4. The average Bonchev–Trinajstić information content (AvgIpc) is 2.37. The Labute approximate surface area is 132 Å². The molecule has 1 aromatic rings. The molecule has 2 amide bonds. The first-order chi connectivity index (χ1) is 9.87. The average molecular weight is 359 g/mol. The molecule has 1 atom stereocenters. The first-order valence-corrected chi connectivity index (χ1v) is 7.30. The van der Waals surface area contributed by atoms with Gasteiger partial charge in [-0.05, 0) is 26.0 Å². The summed E-state index contributed by atoms with van der Waals surface area (Å²) in [6, 6.07) is 4.49. The van der Waals surface area contributed by atoms with Crippen molar-refractivity contribution in [3.8, 4) is 5.75 Å². The third-order valence-electron chi connectivity index (χ3n) is 2.96. The number of amides is 2. The number of halogens is 1. The summed E-state index contributed by atoms with van der Waals surface area (Å²) in [5, 5.41) is 11.6. The van der Waals surface area contributed by atoms with Crippen molar-refractivity contribution >= 4 is 33.6 Å². The predicted octanol–water partition coefficient (Wildman–Crippen LogP) is 3.17. The Balaban J connectivity index is 2.82. The van der Waals surface area contributed by atoms with E-state index in [-0.39, 0.29) is 18.5 Å². The second kappa shape index (κ2) is 7.87. The van der Waals surface area contributed by atoms with Gasteiger partial charge in [-0.1, -0.05) is 15.9 Å². The van der Waals surface area contributed by atoms with Gasteiger partial charge in [0.1, 0.15) is 5.75 Å². The summed E-state index contributed by atoms with van der Waals surface area (Å²) >= 11 is 3.34. The summed E-state index contributed by atoms with van der Waals surface area (Å²) in [6.45, 7) is 3.93. The molecule has 0 heterocycles. The minimum absolute atomic E-state index is 0.0942. The quantitative estimate of drug-likeness (QED) is 0.818. The number of benzene rings is 1. The van der Waals surface area contributed by atoms with Crippen molar-refractivity contribution < 1.29 is 19.4 Å². The van der Waals surface area contributed by atoms with Crippen LogP contribution < -0.4 is 10.1 Å².